The van der Waals surface area contributed by atoms with Crippen molar-refractivity contribution in [2.45, 2.75) is 32.7 Å². The molecular weight excluding hydrogens is 224 g/mol. The zero-order valence-corrected chi connectivity index (χ0v) is 11.0. The molecule has 1 atom stereocenters. The molecule has 0 saturated heterocycles. The van der Waals surface area contributed by atoms with Gasteiger partial charge in [-0.05, 0) is 38.4 Å². The molecule has 4 heteroatoms. The van der Waals surface area contributed by atoms with Gasteiger partial charge < -0.3 is 5.32 Å². The Kier molecular flexibility index (Phi) is 4.47. The van der Waals surface area contributed by atoms with E-state index in [0.29, 0.717) is 6.04 Å². The van der Waals surface area contributed by atoms with Crippen molar-refractivity contribution < 1.29 is 0 Å². The molecule has 1 aromatic heterocycles. The largest absolute Gasteiger partial charge is 0.315 e. The second-order valence-electron chi connectivity index (χ2n) is 4.46. The first-order valence-corrected chi connectivity index (χ1v) is 6.49. The standard InChI is InChI=1S/C14H20N4/c1-3-15-12(2)9-10-13-11-16-18(17-13)14-7-5-4-6-8-14/h4-8,11-12,15H,3,9-10H2,1-2H3. The maximum Gasteiger partial charge on any atom is 0.0856 e. The van der Waals surface area contributed by atoms with Crippen molar-refractivity contribution in [3.05, 3.63) is 42.2 Å². The van der Waals surface area contributed by atoms with Crippen LogP contribution in [0.5, 0.6) is 0 Å². The van der Waals surface area contributed by atoms with Crippen LogP contribution in [0.25, 0.3) is 5.69 Å². The first-order chi connectivity index (χ1) is 8.79. The highest BCUT2D eigenvalue weighted by atomic mass is 15.5. The molecule has 0 aliphatic rings. The molecule has 1 N–H and O–H groups in total. The van der Waals surface area contributed by atoms with Crippen LogP contribution in [0.3, 0.4) is 0 Å². The lowest BCUT2D eigenvalue weighted by molar-refractivity contribution is 0.526. The molecule has 0 amide bonds. The Labute approximate surface area is 108 Å². The van der Waals surface area contributed by atoms with E-state index in [1.54, 1.807) is 4.80 Å². The molecule has 0 aliphatic carbocycles. The van der Waals surface area contributed by atoms with Gasteiger partial charge in [-0.15, -0.1) is 0 Å². The van der Waals surface area contributed by atoms with E-state index in [4.69, 9.17) is 0 Å². The Hall–Kier alpha value is -1.68. The lowest BCUT2D eigenvalue weighted by Crippen LogP contribution is -2.25. The van der Waals surface area contributed by atoms with Gasteiger partial charge in [-0.3, -0.25) is 0 Å². The van der Waals surface area contributed by atoms with Crippen LogP contribution in [0.2, 0.25) is 0 Å². The maximum atomic E-state index is 4.49. The Balaban J connectivity index is 1.95. The SMILES string of the molecule is CCNC(C)CCc1cnn(-c2ccccc2)n1. The van der Waals surface area contributed by atoms with Crippen molar-refractivity contribution in [1.29, 1.82) is 0 Å². The third-order valence-electron chi connectivity index (χ3n) is 2.91. The molecule has 4 nitrogen and oxygen atoms in total. The molecule has 18 heavy (non-hydrogen) atoms. The van der Waals surface area contributed by atoms with Crippen LogP contribution >= 0.6 is 0 Å². The first kappa shape index (κ1) is 12.8. The highest BCUT2D eigenvalue weighted by Crippen LogP contribution is 2.06. The summed E-state index contributed by atoms with van der Waals surface area (Å²) in [6.45, 7) is 5.34. The summed E-state index contributed by atoms with van der Waals surface area (Å²) in [7, 11) is 0. The fourth-order valence-electron chi connectivity index (χ4n) is 1.91. The van der Waals surface area contributed by atoms with E-state index in [0.717, 1.165) is 30.8 Å². The molecule has 1 aromatic carbocycles. The zero-order chi connectivity index (χ0) is 12.8. The minimum absolute atomic E-state index is 0.525. The minimum atomic E-state index is 0.525. The number of aromatic nitrogens is 3. The van der Waals surface area contributed by atoms with Crippen LogP contribution in [-0.2, 0) is 6.42 Å². The number of hydrogen-bond acceptors (Lipinski definition) is 3. The van der Waals surface area contributed by atoms with E-state index in [1.165, 1.54) is 0 Å². The van der Waals surface area contributed by atoms with Gasteiger partial charge in [-0.25, -0.2) is 0 Å². The summed E-state index contributed by atoms with van der Waals surface area (Å²) in [5.41, 5.74) is 2.05. The van der Waals surface area contributed by atoms with Crippen LogP contribution in [0, 0.1) is 0 Å². The predicted octanol–water partition coefficient (Wildman–Crippen LogP) is 2.20. The third-order valence-corrected chi connectivity index (χ3v) is 2.91. The number of benzene rings is 1. The van der Waals surface area contributed by atoms with Crippen LogP contribution in [0.4, 0.5) is 0 Å². The van der Waals surface area contributed by atoms with Crippen molar-refractivity contribution in [3.63, 3.8) is 0 Å². The summed E-state index contributed by atoms with van der Waals surface area (Å²) in [5.74, 6) is 0. The Morgan fingerprint density at radius 1 is 1.28 bits per heavy atom. The van der Waals surface area contributed by atoms with E-state index in [9.17, 15) is 0 Å². The van der Waals surface area contributed by atoms with Crippen molar-refractivity contribution in [1.82, 2.24) is 20.3 Å². The van der Waals surface area contributed by atoms with Crippen LogP contribution < -0.4 is 5.32 Å². The molecular formula is C14H20N4. The fourth-order valence-corrected chi connectivity index (χ4v) is 1.91. The number of para-hydroxylation sites is 1. The molecule has 0 radical (unpaired) electrons. The molecule has 0 fully saturated rings. The quantitative estimate of drug-likeness (QED) is 0.847. The molecule has 96 valence electrons. The highest BCUT2D eigenvalue weighted by molar-refractivity contribution is 5.28. The summed E-state index contributed by atoms with van der Waals surface area (Å²) < 4.78 is 0. The van der Waals surface area contributed by atoms with Gasteiger partial charge in [-0.2, -0.15) is 15.0 Å². The van der Waals surface area contributed by atoms with Gasteiger partial charge >= 0.3 is 0 Å². The molecule has 2 aromatic rings. The van der Waals surface area contributed by atoms with Crippen LogP contribution in [-0.4, -0.2) is 27.6 Å². The average Bonchev–Trinajstić information content (AvgIpc) is 2.87. The van der Waals surface area contributed by atoms with E-state index in [1.807, 2.05) is 36.5 Å². The fraction of sp³-hybridized carbons (Fsp3) is 0.429. The first-order valence-electron chi connectivity index (χ1n) is 6.49. The molecule has 1 heterocycles. The molecule has 0 aliphatic heterocycles. The van der Waals surface area contributed by atoms with Crippen molar-refractivity contribution in [2.24, 2.45) is 0 Å². The van der Waals surface area contributed by atoms with Gasteiger partial charge in [0.15, 0.2) is 0 Å². The number of rotatable bonds is 6. The number of hydrogen-bond donors (Lipinski definition) is 1. The summed E-state index contributed by atoms with van der Waals surface area (Å²) >= 11 is 0. The van der Waals surface area contributed by atoms with Crippen LogP contribution in [0.1, 0.15) is 26.0 Å². The van der Waals surface area contributed by atoms with Crippen molar-refractivity contribution in [2.75, 3.05) is 6.54 Å². The molecule has 1 unspecified atom stereocenters. The van der Waals surface area contributed by atoms with Crippen molar-refractivity contribution in [3.8, 4) is 5.69 Å². The highest BCUT2D eigenvalue weighted by Gasteiger charge is 2.05. The van der Waals surface area contributed by atoms with Gasteiger partial charge in [0.1, 0.15) is 0 Å². The summed E-state index contributed by atoms with van der Waals surface area (Å²) in [4.78, 5) is 1.69. The second kappa shape index (κ2) is 6.31. The summed E-state index contributed by atoms with van der Waals surface area (Å²) in [5, 5.41) is 12.2. The van der Waals surface area contributed by atoms with Crippen LogP contribution in [0.15, 0.2) is 36.5 Å². The topological polar surface area (TPSA) is 42.7 Å². The monoisotopic (exact) mass is 244 g/mol. The maximum absolute atomic E-state index is 4.49. The molecule has 2 rings (SSSR count). The van der Waals surface area contributed by atoms with E-state index in [2.05, 4.69) is 29.4 Å². The Bertz CT molecular complexity index is 464. The van der Waals surface area contributed by atoms with E-state index < -0.39 is 0 Å². The number of aryl methyl sites for hydroxylation is 1. The second-order valence-corrected chi connectivity index (χ2v) is 4.46. The predicted molar refractivity (Wildman–Crippen MR) is 72.8 cm³/mol. The number of nitrogens with zero attached hydrogens (tertiary/aromatic N) is 3. The van der Waals surface area contributed by atoms with Gasteiger partial charge in [-0.1, -0.05) is 25.1 Å². The Morgan fingerprint density at radius 3 is 2.78 bits per heavy atom. The Morgan fingerprint density at radius 2 is 2.06 bits per heavy atom. The normalized spacial score (nSPS) is 12.6. The molecule has 0 bridgehead atoms. The van der Waals surface area contributed by atoms with Gasteiger partial charge in [0.05, 0.1) is 17.6 Å². The third kappa shape index (κ3) is 3.40. The minimum Gasteiger partial charge on any atom is -0.315 e. The summed E-state index contributed by atoms with van der Waals surface area (Å²) in [6.07, 6.45) is 3.90. The molecule has 0 saturated carbocycles. The van der Waals surface area contributed by atoms with Crippen molar-refractivity contribution >= 4 is 0 Å². The lowest BCUT2D eigenvalue weighted by atomic mass is 10.1. The van der Waals surface area contributed by atoms with E-state index >= 15 is 0 Å². The van der Waals surface area contributed by atoms with Gasteiger partial charge in [0, 0.05) is 6.04 Å². The zero-order valence-electron chi connectivity index (χ0n) is 11.0. The smallest absolute Gasteiger partial charge is 0.0856 e. The average molecular weight is 244 g/mol. The van der Waals surface area contributed by atoms with E-state index in [-0.39, 0.29) is 0 Å². The van der Waals surface area contributed by atoms with Gasteiger partial charge in [0.2, 0.25) is 0 Å². The van der Waals surface area contributed by atoms with Gasteiger partial charge in [0.25, 0.3) is 0 Å². The summed E-state index contributed by atoms with van der Waals surface area (Å²) in [6, 6.07) is 10.5. The molecule has 0 spiro atoms. The lowest BCUT2D eigenvalue weighted by Gasteiger charge is -2.10. The number of nitrogens with one attached hydrogen (secondary N) is 1.